The molecule has 116 valence electrons. The number of carbonyl (C=O) groups excluding carboxylic acids is 1. The average molecular weight is 406 g/mol. The van der Waals surface area contributed by atoms with Crippen LogP contribution in [0.3, 0.4) is 0 Å². The molecule has 0 aliphatic rings. The van der Waals surface area contributed by atoms with E-state index in [2.05, 4.69) is 27.5 Å². The summed E-state index contributed by atoms with van der Waals surface area (Å²) in [7, 11) is 0. The lowest BCUT2D eigenvalue weighted by Crippen LogP contribution is -2.38. The van der Waals surface area contributed by atoms with Crippen LogP contribution in [0, 0.1) is 5.82 Å². The highest BCUT2D eigenvalue weighted by molar-refractivity contribution is 14.0. The molecular weight excluding hydrogens is 386 g/mol. The first kappa shape index (κ1) is 19.4. The van der Waals surface area contributed by atoms with Crippen molar-refractivity contribution in [3.63, 3.8) is 0 Å². The van der Waals surface area contributed by atoms with E-state index in [1.807, 2.05) is 6.92 Å². The summed E-state index contributed by atoms with van der Waals surface area (Å²) < 4.78 is 13.0. The van der Waals surface area contributed by atoms with Gasteiger partial charge in [0.05, 0.1) is 0 Å². The van der Waals surface area contributed by atoms with Gasteiger partial charge in [-0.05, 0) is 25.1 Å². The molecule has 0 aromatic heterocycles. The first-order valence-corrected chi connectivity index (χ1v) is 6.34. The Morgan fingerprint density at radius 1 is 1.43 bits per heavy atom. The summed E-state index contributed by atoms with van der Waals surface area (Å²) in [4.78, 5) is 15.8. The molecule has 1 aromatic rings. The van der Waals surface area contributed by atoms with Gasteiger partial charge in [0.2, 0.25) is 5.91 Å². The molecule has 0 bridgehead atoms. The first-order valence-electron chi connectivity index (χ1n) is 6.34. The third kappa shape index (κ3) is 8.28. The summed E-state index contributed by atoms with van der Waals surface area (Å²) in [6, 6.07) is 5.72. The second kappa shape index (κ2) is 11.1. The fourth-order valence-corrected chi connectivity index (χ4v) is 1.43. The Morgan fingerprint density at radius 3 is 2.81 bits per heavy atom. The fourth-order valence-electron chi connectivity index (χ4n) is 1.43. The Labute approximate surface area is 141 Å². The molecule has 7 heteroatoms. The summed E-state index contributed by atoms with van der Waals surface area (Å²) >= 11 is 0. The lowest BCUT2D eigenvalue weighted by Gasteiger charge is -2.09. The molecular formula is C14H20FIN4O. The van der Waals surface area contributed by atoms with Crippen LogP contribution in [0.2, 0.25) is 0 Å². The predicted molar refractivity (Wildman–Crippen MR) is 94.6 cm³/mol. The van der Waals surface area contributed by atoms with Crippen LogP contribution >= 0.6 is 24.0 Å². The zero-order valence-electron chi connectivity index (χ0n) is 11.9. The fraction of sp³-hybridized carbons (Fsp3) is 0.286. The summed E-state index contributed by atoms with van der Waals surface area (Å²) in [6.07, 6.45) is 1.69. The van der Waals surface area contributed by atoms with Gasteiger partial charge >= 0.3 is 0 Å². The van der Waals surface area contributed by atoms with Crippen molar-refractivity contribution in [2.24, 2.45) is 4.99 Å². The molecule has 0 saturated heterocycles. The van der Waals surface area contributed by atoms with E-state index in [0.29, 0.717) is 24.7 Å². The molecule has 1 aromatic carbocycles. The zero-order chi connectivity index (χ0) is 14.8. The number of halogens is 2. The lowest BCUT2D eigenvalue weighted by molar-refractivity contribution is -0.114. The maximum absolute atomic E-state index is 13.0. The van der Waals surface area contributed by atoms with E-state index in [-0.39, 0.29) is 36.4 Å². The topological polar surface area (TPSA) is 65.5 Å². The molecule has 1 amide bonds. The Morgan fingerprint density at radius 2 is 2.19 bits per heavy atom. The molecule has 0 heterocycles. The molecule has 0 fully saturated rings. The van der Waals surface area contributed by atoms with Crippen LogP contribution < -0.4 is 16.0 Å². The van der Waals surface area contributed by atoms with Gasteiger partial charge in [0.1, 0.15) is 12.4 Å². The van der Waals surface area contributed by atoms with E-state index in [4.69, 9.17) is 0 Å². The number of hydrogen-bond donors (Lipinski definition) is 3. The molecule has 0 unspecified atom stereocenters. The number of hydrogen-bond acceptors (Lipinski definition) is 2. The second-order valence-electron chi connectivity index (χ2n) is 3.92. The number of aliphatic imine (C=N–C) groups is 1. The Kier molecular flexibility index (Phi) is 10.2. The van der Waals surface area contributed by atoms with E-state index >= 15 is 0 Å². The predicted octanol–water partition coefficient (Wildman–Crippen LogP) is 2.12. The number of guanidine groups is 1. The minimum absolute atomic E-state index is 0. The van der Waals surface area contributed by atoms with Gasteiger partial charge in [0.15, 0.2) is 5.96 Å². The van der Waals surface area contributed by atoms with Crippen molar-refractivity contribution in [1.29, 1.82) is 0 Å². The van der Waals surface area contributed by atoms with Gasteiger partial charge in [0, 0.05) is 18.8 Å². The van der Waals surface area contributed by atoms with Crippen molar-refractivity contribution in [3.8, 4) is 0 Å². The number of amides is 1. The monoisotopic (exact) mass is 406 g/mol. The van der Waals surface area contributed by atoms with Crippen molar-refractivity contribution in [2.75, 3.05) is 25.0 Å². The second-order valence-corrected chi connectivity index (χ2v) is 3.92. The highest BCUT2D eigenvalue weighted by atomic mass is 127. The van der Waals surface area contributed by atoms with E-state index in [0.717, 1.165) is 0 Å². The highest BCUT2D eigenvalue weighted by Crippen LogP contribution is 2.08. The minimum Gasteiger partial charge on any atom is -0.357 e. The van der Waals surface area contributed by atoms with Gasteiger partial charge in [0.25, 0.3) is 0 Å². The quantitative estimate of drug-likeness (QED) is 0.294. The molecule has 0 aliphatic carbocycles. The SMILES string of the molecule is C=CCNC(=NCC(=O)Nc1cccc(F)c1)NCC.I. The minimum atomic E-state index is -0.396. The molecule has 0 atom stereocenters. The molecule has 21 heavy (non-hydrogen) atoms. The van der Waals surface area contributed by atoms with Gasteiger partial charge in [-0.25, -0.2) is 9.38 Å². The Hall–Kier alpha value is -1.64. The summed E-state index contributed by atoms with van der Waals surface area (Å²) in [5.74, 6) is -0.180. The summed E-state index contributed by atoms with van der Waals surface area (Å²) in [5, 5.41) is 8.55. The van der Waals surface area contributed by atoms with E-state index in [1.54, 1.807) is 12.1 Å². The van der Waals surface area contributed by atoms with E-state index in [9.17, 15) is 9.18 Å². The molecule has 0 spiro atoms. The van der Waals surface area contributed by atoms with Gasteiger partial charge in [-0.15, -0.1) is 30.6 Å². The summed E-state index contributed by atoms with van der Waals surface area (Å²) in [5.41, 5.74) is 0.411. The third-order valence-corrected chi connectivity index (χ3v) is 2.25. The zero-order valence-corrected chi connectivity index (χ0v) is 14.2. The third-order valence-electron chi connectivity index (χ3n) is 2.25. The van der Waals surface area contributed by atoms with Gasteiger partial charge in [-0.2, -0.15) is 0 Å². The van der Waals surface area contributed by atoms with E-state index in [1.165, 1.54) is 18.2 Å². The lowest BCUT2D eigenvalue weighted by atomic mass is 10.3. The van der Waals surface area contributed by atoms with Crippen LogP contribution in [-0.2, 0) is 4.79 Å². The van der Waals surface area contributed by atoms with Gasteiger partial charge in [-0.1, -0.05) is 12.1 Å². The maximum atomic E-state index is 13.0. The van der Waals surface area contributed by atoms with Crippen LogP contribution in [0.25, 0.3) is 0 Å². The number of anilines is 1. The Bertz CT molecular complexity index is 494. The standard InChI is InChI=1S/C14H19FN4O.HI/c1-3-8-17-14(16-4-2)18-10-13(20)19-12-7-5-6-11(15)9-12;/h3,5-7,9H,1,4,8,10H2,2H3,(H,19,20)(H2,16,17,18);1H. The molecule has 1 rings (SSSR count). The molecule has 5 nitrogen and oxygen atoms in total. The van der Waals surface area contributed by atoms with Crippen LogP contribution in [0.1, 0.15) is 6.92 Å². The highest BCUT2D eigenvalue weighted by Gasteiger charge is 2.03. The number of nitrogens with one attached hydrogen (secondary N) is 3. The van der Waals surface area contributed by atoms with Crippen LogP contribution in [0.5, 0.6) is 0 Å². The maximum Gasteiger partial charge on any atom is 0.246 e. The van der Waals surface area contributed by atoms with Crippen molar-refractivity contribution in [2.45, 2.75) is 6.92 Å². The largest absolute Gasteiger partial charge is 0.357 e. The van der Waals surface area contributed by atoms with Crippen molar-refractivity contribution in [1.82, 2.24) is 10.6 Å². The smallest absolute Gasteiger partial charge is 0.246 e. The van der Waals surface area contributed by atoms with Crippen molar-refractivity contribution < 1.29 is 9.18 Å². The van der Waals surface area contributed by atoms with Crippen molar-refractivity contribution >= 4 is 41.5 Å². The average Bonchev–Trinajstić information content (AvgIpc) is 2.42. The number of benzene rings is 1. The number of carbonyl (C=O) groups is 1. The molecule has 0 saturated carbocycles. The number of nitrogens with zero attached hydrogens (tertiary/aromatic N) is 1. The first-order chi connectivity index (χ1) is 9.65. The number of rotatable bonds is 6. The Balaban J connectivity index is 0.00000400. The van der Waals surface area contributed by atoms with Crippen LogP contribution in [0.15, 0.2) is 41.9 Å². The molecule has 0 aliphatic heterocycles. The van der Waals surface area contributed by atoms with Crippen LogP contribution in [-0.4, -0.2) is 31.5 Å². The van der Waals surface area contributed by atoms with Crippen LogP contribution in [0.4, 0.5) is 10.1 Å². The summed E-state index contributed by atoms with van der Waals surface area (Å²) in [6.45, 7) is 6.71. The van der Waals surface area contributed by atoms with Crippen molar-refractivity contribution in [3.05, 3.63) is 42.7 Å². The molecule has 3 N–H and O–H groups in total. The van der Waals surface area contributed by atoms with E-state index < -0.39 is 5.82 Å². The normalized spacial score (nSPS) is 10.3. The van der Waals surface area contributed by atoms with Gasteiger partial charge < -0.3 is 16.0 Å². The molecule has 0 radical (unpaired) electrons. The van der Waals surface area contributed by atoms with Gasteiger partial charge in [-0.3, -0.25) is 4.79 Å².